The molecule has 24 heavy (non-hydrogen) atoms. The lowest BCUT2D eigenvalue weighted by molar-refractivity contribution is -0.0605. The third kappa shape index (κ3) is 1.57. The second-order valence-electron chi connectivity index (χ2n) is 8.83. The van der Waals surface area contributed by atoms with Crippen molar-refractivity contribution in [3.63, 3.8) is 0 Å². The number of ether oxygens (including phenoxy) is 1. The van der Waals surface area contributed by atoms with Crippen molar-refractivity contribution in [1.82, 2.24) is 4.90 Å². The largest absolute Gasteiger partial charge is 0.504 e. The smallest absolute Gasteiger partial charge is 0.165 e. The molecule has 2 heterocycles. The van der Waals surface area contributed by atoms with Crippen molar-refractivity contribution in [2.75, 3.05) is 13.1 Å². The van der Waals surface area contributed by atoms with Gasteiger partial charge in [-0.15, -0.1) is 0 Å². The molecule has 0 unspecified atom stereocenters. The van der Waals surface area contributed by atoms with Gasteiger partial charge in [0.2, 0.25) is 0 Å². The van der Waals surface area contributed by atoms with Gasteiger partial charge in [-0.05, 0) is 68.5 Å². The van der Waals surface area contributed by atoms with E-state index in [1.165, 1.54) is 43.5 Å². The Bertz CT molecular complexity index is 716. The summed E-state index contributed by atoms with van der Waals surface area (Å²) in [5.74, 6) is 2.65. The summed E-state index contributed by atoms with van der Waals surface area (Å²) in [7, 11) is 0. The van der Waals surface area contributed by atoms with Crippen LogP contribution in [0.1, 0.15) is 43.2 Å². The number of nitrogens with two attached hydrogens (primary N) is 1. The normalized spacial score (nSPS) is 42.5. The molecule has 3 fully saturated rings. The van der Waals surface area contributed by atoms with E-state index in [0.29, 0.717) is 17.7 Å². The van der Waals surface area contributed by atoms with E-state index in [4.69, 9.17) is 10.5 Å². The first-order chi connectivity index (χ1) is 11.7. The summed E-state index contributed by atoms with van der Waals surface area (Å²) in [6.45, 7) is 2.45. The molecule has 4 heteroatoms. The summed E-state index contributed by atoms with van der Waals surface area (Å²) < 4.78 is 6.36. The summed E-state index contributed by atoms with van der Waals surface area (Å²) in [4.78, 5) is 2.79. The van der Waals surface area contributed by atoms with Crippen LogP contribution >= 0.6 is 0 Å². The standard InChI is InChI=1S/C20H26N2O2/c21-14-5-4-13-15-9-12-3-6-16(23)18-17(12)20(13,19(14)24-18)7-8-22(15)10-11-1-2-11/h3,6,11,13-15,19,23H,1-2,4-5,7-10,21H2/t13-,14+,15+,19-,20-/m0/s1. The molecule has 1 aromatic carbocycles. The summed E-state index contributed by atoms with van der Waals surface area (Å²) >= 11 is 0. The minimum Gasteiger partial charge on any atom is -0.504 e. The van der Waals surface area contributed by atoms with Crippen molar-refractivity contribution in [3.8, 4) is 11.5 Å². The van der Waals surface area contributed by atoms with Gasteiger partial charge in [-0.2, -0.15) is 0 Å². The van der Waals surface area contributed by atoms with Crippen molar-refractivity contribution in [2.45, 2.75) is 62.1 Å². The Morgan fingerprint density at radius 2 is 2.12 bits per heavy atom. The summed E-state index contributed by atoms with van der Waals surface area (Å²) in [6.07, 6.45) is 7.42. The van der Waals surface area contributed by atoms with Crippen molar-refractivity contribution in [2.24, 2.45) is 17.6 Å². The first kappa shape index (κ1) is 14.0. The Morgan fingerprint density at radius 1 is 1.25 bits per heavy atom. The number of nitrogens with zero attached hydrogens (tertiary/aromatic N) is 1. The quantitative estimate of drug-likeness (QED) is 0.874. The van der Waals surface area contributed by atoms with Crippen LogP contribution in [0, 0.1) is 11.8 Å². The third-order valence-corrected chi connectivity index (χ3v) is 7.67. The number of phenolic OH excluding ortho intramolecular Hbond substituents is 1. The van der Waals surface area contributed by atoms with Gasteiger partial charge < -0.3 is 15.6 Å². The summed E-state index contributed by atoms with van der Waals surface area (Å²) in [6, 6.07) is 4.70. The second-order valence-corrected chi connectivity index (χ2v) is 8.83. The van der Waals surface area contributed by atoms with E-state index >= 15 is 0 Å². The summed E-state index contributed by atoms with van der Waals surface area (Å²) in [5.41, 5.74) is 9.31. The molecule has 5 atom stereocenters. The molecule has 0 aromatic heterocycles. The van der Waals surface area contributed by atoms with E-state index in [1.807, 2.05) is 6.07 Å². The predicted molar refractivity (Wildman–Crippen MR) is 91.3 cm³/mol. The van der Waals surface area contributed by atoms with Gasteiger partial charge in [0.25, 0.3) is 0 Å². The zero-order valence-corrected chi connectivity index (χ0v) is 14.1. The number of phenols is 1. The molecule has 1 saturated heterocycles. The molecule has 0 amide bonds. The van der Waals surface area contributed by atoms with Crippen molar-refractivity contribution >= 4 is 0 Å². The third-order valence-electron chi connectivity index (χ3n) is 7.67. The number of rotatable bonds is 2. The number of piperidine rings is 1. The molecule has 3 aliphatic carbocycles. The van der Waals surface area contributed by atoms with Gasteiger partial charge in [0.15, 0.2) is 11.5 Å². The number of aromatic hydroxyl groups is 1. The van der Waals surface area contributed by atoms with Gasteiger partial charge in [-0.25, -0.2) is 0 Å². The molecule has 1 aromatic rings. The second kappa shape index (κ2) is 4.47. The topological polar surface area (TPSA) is 58.7 Å². The number of hydrogen-bond donors (Lipinski definition) is 2. The number of likely N-dealkylation sites (tertiary alicyclic amines) is 1. The highest BCUT2D eigenvalue weighted by Crippen LogP contribution is 2.63. The molecule has 1 spiro atoms. The zero-order valence-electron chi connectivity index (χ0n) is 14.1. The highest BCUT2D eigenvalue weighted by Gasteiger charge is 2.65. The fourth-order valence-corrected chi connectivity index (χ4v) is 6.53. The van der Waals surface area contributed by atoms with Crippen LogP contribution in [0.15, 0.2) is 12.1 Å². The highest BCUT2D eigenvalue weighted by atomic mass is 16.5. The van der Waals surface area contributed by atoms with Crippen LogP contribution in [0.5, 0.6) is 11.5 Å². The van der Waals surface area contributed by atoms with Crippen LogP contribution in [0.4, 0.5) is 0 Å². The van der Waals surface area contributed by atoms with Gasteiger partial charge in [0.05, 0.1) is 0 Å². The molecular formula is C20H26N2O2. The van der Waals surface area contributed by atoms with E-state index in [2.05, 4.69) is 11.0 Å². The van der Waals surface area contributed by atoms with Gasteiger partial charge in [-0.1, -0.05) is 6.07 Å². The van der Waals surface area contributed by atoms with Crippen molar-refractivity contribution in [3.05, 3.63) is 23.3 Å². The molecular weight excluding hydrogens is 300 g/mol. The monoisotopic (exact) mass is 326 g/mol. The average molecular weight is 326 g/mol. The first-order valence-corrected chi connectivity index (χ1v) is 9.70. The van der Waals surface area contributed by atoms with E-state index < -0.39 is 0 Å². The Labute approximate surface area is 143 Å². The van der Waals surface area contributed by atoms with Crippen LogP contribution in [0.3, 0.4) is 0 Å². The van der Waals surface area contributed by atoms with E-state index in [0.717, 1.165) is 30.9 Å². The van der Waals surface area contributed by atoms with Crippen LogP contribution < -0.4 is 10.5 Å². The minimum absolute atomic E-state index is 0.0594. The summed E-state index contributed by atoms with van der Waals surface area (Å²) in [5, 5.41) is 10.4. The Balaban J connectivity index is 1.52. The Hall–Kier alpha value is -1.26. The fourth-order valence-electron chi connectivity index (χ4n) is 6.53. The van der Waals surface area contributed by atoms with E-state index in [1.54, 1.807) is 0 Å². The molecule has 2 bridgehead atoms. The minimum atomic E-state index is 0.0594. The van der Waals surface area contributed by atoms with Gasteiger partial charge in [-0.3, -0.25) is 4.90 Å². The fraction of sp³-hybridized carbons (Fsp3) is 0.700. The molecule has 2 saturated carbocycles. The van der Waals surface area contributed by atoms with Gasteiger partial charge >= 0.3 is 0 Å². The molecule has 2 aliphatic heterocycles. The molecule has 6 rings (SSSR count). The lowest BCUT2D eigenvalue weighted by Gasteiger charge is -2.59. The maximum absolute atomic E-state index is 10.4. The SMILES string of the molecule is N[C@@H]1CC[C@H]2[C@H]3Cc4ccc(O)c5c4[C@@]2(CCN3CC2CC2)[C@H]1O5. The lowest BCUT2D eigenvalue weighted by atomic mass is 9.51. The molecule has 128 valence electrons. The molecule has 5 aliphatic rings. The number of benzene rings is 1. The predicted octanol–water partition coefficient (Wildman–Crippen LogP) is 2.17. The van der Waals surface area contributed by atoms with Gasteiger partial charge in [0.1, 0.15) is 6.10 Å². The average Bonchev–Trinajstić information content (AvgIpc) is 3.32. The molecule has 3 N–H and O–H groups in total. The Morgan fingerprint density at radius 3 is 2.96 bits per heavy atom. The van der Waals surface area contributed by atoms with Crippen molar-refractivity contribution in [1.29, 1.82) is 0 Å². The van der Waals surface area contributed by atoms with E-state index in [9.17, 15) is 5.11 Å². The van der Waals surface area contributed by atoms with Crippen LogP contribution in [-0.2, 0) is 11.8 Å². The van der Waals surface area contributed by atoms with Crippen LogP contribution in [0.25, 0.3) is 0 Å². The molecule has 4 nitrogen and oxygen atoms in total. The van der Waals surface area contributed by atoms with Crippen LogP contribution in [0.2, 0.25) is 0 Å². The highest BCUT2D eigenvalue weighted by molar-refractivity contribution is 5.60. The lowest BCUT2D eigenvalue weighted by Crippen LogP contribution is -2.68. The maximum Gasteiger partial charge on any atom is 0.165 e. The van der Waals surface area contributed by atoms with Crippen LogP contribution in [-0.4, -0.2) is 41.3 Å². The number of hydrogen-bond acceptors (Lipinski definition) is 4. The molecule has 0 radical (unpaired) electrons. The van der Waals surface area contributed by atoms with E-state index in [-0.39, 0.29) is 17.6 Å². The first-order valence-electron chi connectivity index (χ1n) is 9.70. The zero-order chi connectivity index (χ0) is 16.1. The van der Waals surface area contributed by atoms with Gasteiger partial charge in [0, 0.05) is 29.6 Å². The maximum atomic E-state index is 10.4. The Kier molecular flexibility index (Phi) is 2.60. The van der Waals surface area contributed by atoms with Crippen molar-refractivity contribution < 1.29 is 9.84 Å².